The molecule has 0 saturated heterocycles. The zero-order valence-corrected chi connectivity index (χ0v) is 4.53. The maximum absolute atomic E-state index is 10.9. The van der Waals surface area contributed by atoms with Crippen molar-refractivity contribution in [1.29, 1.82) is 0 Å². The van der Waals surface area contributed by atoms with Crippen LogP contribution in [0.5, 0.6) is 5.75 Å². The van der Waals surface area contributed by atoms with Crippen LogP contribution < -0.4 is 5.56 Å². The Labute approximate surface area is 56.4 Å². The highest BCUT2D eigenvalue weighted by molar-refractivity contribution is 5.15. The van der Waals surface area contributed by atoms with Crippen molar-refractivity contribution >= 4 is 0 Å². The minimum absolute atomic E-state index is 0.236. The molecule has 1 heterocycles. The first kappa shape index (κ1) is 3.06. The molecule has 3 heteroatoms. The Morgan fingerprint density at radius 1 is 1.89 bits per heavy atom. The lowest BCUT2D eigenvalue weighted by Gasteiger charge is -1.93. The van der Waals surface area contributed by atoms with Crippen molar-refractivity contribution in [3.8, 4) is 5.75 Å². The molecule has 48 valence electrons. The van der Waals surface area contributed by atoms with Gasteiger partial charge in [-0.05, 0) is 6.07 Å². The molecule has 0 fully saturated rings. The van der Waals surface area contributed by atoms with Gasteiger partial charge in [-0.25, -0.2) is 0 Å². The predicted octanol–water partition coefficient (Wildman–Crippen LogP) is 0.0909. The standard InChI is InChI=1S/C6H7NO2/c1-7-3-2-5(8)4-6(7)9/h2-4,8H,1H3/i1D3. The lowest BCUT2D eigenvalue weighted by Crippen LogP contribution is -2.12. The molecule has 0 atom stereocenters. The number of aryl methyl sites for hydroxylation is 1. The van der Waals surface area contributed by atoms with E-state index in [0.29, 0.717) is 4.57 Å². The van der Waals surface area contributed by atoms with Crippen molar-refractivity contribution < 1.29 is 9.22 Å². The molecule has 0 radical (unpaired) electrons. The van der Waals surface area contributed by atoms with Gasteiger partial charge in [-0.1, -0.05) is 0 Å². The van der Waals surface area contributed by atoms with Gasteiger partial charge in [0, 0.05) is 23.4 Å². The molecule has 1 N–H and O–H groups in total. The van der Waals surface area contributed by atoms with Crippen LogP contribution in [0, 0.1) is 0 Å². The van der Waals surface area contributed by atoms with Gasteiger partial charge in [0.05, 0.1) is 0 Å². The molecule has 0 aliphatic heterocycles. The van der Waals surface area contributed by atoms with E-state index in [1.165, 1.54) is 0 Å². The average molecular weight is 128 g/mol. The zero-order valence-electron chi connectivity index (χ0n) is 7.53. The third-order valence-electron chi connectivity index (χ3n) is 0.903. The van der Waals surface area contributed by atoms with Gasteiger partial charge in [0.1, 0.15) is 5.75 Å². The van der Waals surface area contributed by atoms with E-state index in [4.69, 9.17) is 9.22 Å². The predicted molar refractivity (Wildman–Crippen MR) is 33.3 cm³/mol. The first-order valence-electron chi connectivity index (χ1n) is 3.83. The van der Waals surface area contributed by atoms with E-state index < -0.39 is 12.5 Å². The largest absolute Gasteiger partial charge is 0.508 e. The highest BCUT2D eigenvalue weighted by Gasteiger charge is 1.88. The minimum atomic E-state index is -2.48. The van der Waals surface area contributed by atoms with Crippen LogP contribution in [0.15, 0.2) is 23.1 Å². The summed E-state index contributed by atoms with van der Waals surface area (Å²) >= 11 is 0. The van der Waals surface area contributed by atoms with E-state index >= 15 is 0 Å². The molecule has 0 unspecified atom stereocenters. The van der Waals surface area contributed by atoms with E-state index in [9.17, 15) is 4.79 Å². The maximum atomic E-state index is 10.9. The first-order valence-corrected chi connectivity index (χ1v) is 2.33. The van der Waals surface area contributed by atoms with E-state index in [-0.39, 0.29) is 5.75 Å². The van der Waals surface area contributed by atoms with Crippen molar-refractivity contribution in [2.45, 2.75) is 0 Å². The third kappa shape index (κ3) is 1.10. The molecule has 0 saturated carbocycles. The lowest BCUT2D eigenvalue weighted by molar-refractivity contribution is 0.472. The number of nitrogens with zero attached hydrogens (tertiary/aromatic N) is 1. The molecule has 1 rings (SSSR count). The Kier molecular flexibility index (Phi) is 0.656. The number of aromatic hydroxyl groups is 1. The van der Waals surface area contributed by atoms with Crippen molar-refractivity contribution in [2.24, 2.45) is 6.98 Å². The highest BCUT2D eigenvalue weighted by Crippen LogP contribution is 1.98. The van der Waals surface area contributed by atoms with Gasteiger partial charge < -0.3 is 9.67 Å². The number of pyridine rings is 1. The van der Waals surface area contributed by atoms with Gasteiger partial charge >= 0.3 is 0 Å². The summed E-state index contributed by atoms with van der Waals surface area (Å²) in [6, 6.07) is 2.00. The minimum Gasteiger partial charge on any atom is -0.508 e. The van der Waals surface area contributed by atoms with Crippen molar-refractivity contribution in [2.75, 3.05) is 0 Å². The Hall–Kier alpha value is -1.25. The molecule has 0 amide bonds. The fraction of sp³-hybridized carbons (Fsp3) is 0.167. The first-order chi connectivity index (χ1) is 5.41. The van der Waals surface area contributed by atoms with Crippen LogP contribution in [-0.4, -0.2) is 9.67 Å². The second-order valence-corrected chi connectivity index (χ2v) is 1.59. The van der Waals surface area contributed by atoms with Crippen LogP contribution in [0.3, 0.4) is 0 Å². The molecular weight excluding hydrogens is 118 g/mol. The van der Waals surface area contributed by atoms with Crippen LogP contribution >= 0.6 is 0 Å². The zero-order chi connectivity index (χ0) is 9.35. The van der Waals surface area contributed by atoms with E-state index in [0.717, 1.165) is 18.3 Å². The van der Waals surface area contributed by atoms with E-state index in [2.05, 4.69) is 0 Å². The second-order valence-electron chi connectivity index (χ2n) is 1.59. The van der Waals surface area contributed by atoms with Gasteiger partial charge in [-0.15, -0.1) is 0 Å². The number of hydrogen-bond acceptors (Lipinski definition) is 2. The number of hydrogen-bond donors (Lipinski definition) is 1. The van der Waals surface area contributed by atoms with E-state index in [1.807, 2.05) is 0 Å². The summed E-state index contributed by atoms with van der Waals surface area (Å²) in [5.41, 5.74) is -0.741. The van der Waals surface area contributed by atoms with Crippen LogP contribution in [-0.2, 0) is 6.98 Å². The molecule has 1 aromatic heterocycles. The summed E-state index contributed by atoms with van der Waals surface area (Å²) in [4.78, 5) is 10.9. The molecule has 0 aliphatic rings. The number of rotatable bonds is 0. The Morgan fingerprint density at radius 3 is 3.22 bits per heavy atom. The highest BCUT2D eigenvalue weighted by atomic mass is 16.3. The summed E-state index contributed by atoms with van der Waals surface area (Å²) < 4.78 is 21.3. The summed E-state index contributed by atoms with van der Waals surface area (Å²) in [5.74, 6) is -0.236. The van der Waals surface area contributed by atoms with Crippen molar-refractivity contribution in [3.63, 3.8) is 0 Å². The monoisotopic (exact) mass is 128 g/mol. The van der Waals surface area contributed by atoms with Crippen LogP contribution in [0.25, 0.3) is 0 Å². The summed E-state index contributed by atoms with van der Waals surface area (Å²) in [6.45, 7) is -2.48. The molecule has 3 nitrogen and oxygen atoms in total. The molecule has 9 heavy (non-hydrogen) atoms. The second kappa shape index (κ2) is 1.93. The molecule has 0 aromatic carbocycles. The molecule has 0 spiro atoms. The Morgan fingerprint density at radius 2 is 2.67 bits per heavy atom. The van der Waals surface area contributed by atoms with Crippen molar-refractivity contribution in [3.05, 3.63) is 28.7 Å². The number of aromatic nitrogens is 1. The normalized spacial score (nSPS) is 15.8. The SMILES string of the molecule is [2H]C([2H])([2H])n1ccc(O)cc1=O. The van der Waals surface area contributed by atoms with Gasteiger partial charge in [0.2, 0.25) is 0 Å². The maximum Gasteiger partial charge on any atom is 0.253 e. The summed E-state index contributed by atoms with van der Waals surface area (Å²) in [5, 5.41) is 8.81. The lowest BCUT2D eigenvalue weighted by atomic mass is 10.4. The van der Waals surface area contributed by atoms with Crippen molar-refractivity contribution in [1.82, 2.24) is 4.57 Å². The van der Waals surface area contributed by atoms with Crippen LogP contribution in [0.1, 0.15) is 4.11 Å². The molecular formula is C6H7NO2. The fourth-order valence-electron chi connectivity index (χ4n) is 0.469. The quantitative estimate of drug-likeness (QED) is 0.538. The smallest absolute Gasteiger partial charge is 0.253 e. The van der Waals surface area contributed by atoms with Gasteiger partial charge in [0.25, 0.3) is 5.56 Å². The summed E-state index contributed by atoms with van der Waals surface area (Å²) in [6.07, 6.45) is 1.03. The van der Waals surface area contributed by atoms with Crippen LogP contribution in [0.2, 0.25) is 0 Å². The third-order valence-corrected chi connectivity index (χ3v) is 0.903. The van der Waals surface area contributed by atoms with Crippen LogP contribution in [0.4, 0.5) is 0 Å². The molecule has 1 aromatic rings. The fourth-order valence-corrected chi connectivity index (χ4v) is 0.469. The summed E-state index contributed by atoms with van der Waals surface area (Å²) in [7, 11) is 0. The van der Waals surface area contributed by atoms with E-state index in [1.54, 1.807) is 0 Å². The molecule has 0 bridgehead atoms. The average Bonchev–Trinajstić information content (AvgIpc) is 1.83. The Balaban J connectivity index is 3.29. The Bertz CT molecular complexity index is 341. The molecule has 0 aliphatic carbocycles. The topological polar surface area (TPSA) is 42.2 Å². The van der Waals surface area contributed by atoms with Gasteiger partial charge in [-0.3, -0.25) is 4.79 Å². The van der Waals surface area contributed by atoms with Gasteiger partial charge in [-0.2, -0.15) is 0 Å². The van der Waals surface area contributed by atoms with Gasteiger partial charge in [0.15, 0.2) is 0 Å².